The van der Waals surface area contributed by atoms with E-state index in [0.29, 0.717) is 10.1 Å². The number of aromatic nitrogens is 3. The van der Waals surface area contributed by atoms with Gasteiger partial charge in [-0.1, -0.05) is 0 Å². The second-order valence-electron chi connectivity index (χ2n) is 3.06. The summed E-state index contributed by atoms with van der Waals surface area (Å²) in [6.07, 6.45) is 3.10. The lowest BCUT2D eigenvalue weighted by Crippen LogP contribution is -2.22. The first-order chi connectivity index (χ1) is 7.16. The van der Waals surface area contributed by atoms with Crippen LogP contribution in [0, 0.1) is 10.5 Å². The van der Waals surface area contributed by atoms with Crippen LogP contribution >= 0.6 is 33.9 Å². The molecule has 2 aromatic heterocycles. The molecule has 0 radical (unpaired) electrons. The van der Waals surface area contributed by atoms with Crippen molar-refractivity contribution in [3.05, 3.63) is 42.5 Å². The highest BCUT2D eigenvalue weighted by atomic mass is 127. The third-order valence-corrected chi connectivity index (χ3v) is 3.52. The summed E-state index contributed by atoms with van der Waals surface area (Å²) in [6, 6.07) is 0. The number of halogens is 1. The third-order valence-electron chi connectivity index (χ3n) is 1.83. The van der Waals surface area contributed by atoms with Gasteiger partial charge < -0.3 is 0 Å². The molecule has 0 unspecified atom stereocenters. The Labute approximate surface area is 104 Å². The van der Waals surface area contributed by atoms with Gasteiger partial charge in [0.05, 0.1) is 16.4 Å². The topological polar surface area (TPSA) is 47.8 Å². The van der Waals surface area contributed by atoms with Gasteiger partial charge in [0, 0.05) is 17.3 Å². The van der Waals surface area contributed by atoms with Gasteiger partial charge in [0.1, 0.15) is 5.01 Å². The highest BCUT2D eigenvalue weighted by Gasteiger charge is 2.04. The van der Waals surface area contributed by atoms with Crippen molar-refractivity contribution >= 4 is 33.9 Å². The normalized spacial score (nSPS) is 10.5. The van der Waals surface area contributed by atoms with Crippen LogP contribution in [0.3, 0.4) is 0 Å². The van der Waals surface area contributed by atoms with E-state index in [-0.39, 0.29) is 5.56 Å². The van der Waals surface area contributed by atoms with Crippen molar-refractivity contribution in [3.63, 3.8) is 0 Å². The summed E-state index contributed by atoms with van der Waals surface area (Å²) < 4.78 is 2.20. The average Bonchev–Trinajstić information content (AvgIpc) is 2.59. The van der Waals surface area contributed by atoms with Crippen LogP contribution in [-0.4, -0.2) is 14.5 Å². The van der Waals surface area contributed by atoms with E-state index in [0.717, 1.165) is 10.7 Å². The molecule has 0 fully saturated rings. The van der Waals surface area contributed by atoms with Crippen LogP contribution in [0.1, 0.15) is 10.7 Å². The predicted octanol–water partition coefficient (Wildman–Crippen LogP) is 1.66. The minimum absolute atomic E-state index is 0.0153. The molecule has 0 N–H and O–H groups in total. The van der Waals surface area contributed by atoms with Crippen LogP contribution in [0.15, 0.2) is 22.7 Å². The van der Waals surface area contributed by atoms with Gasteiger partial charge in [-0.3, -0.25) is 9.36 Å². The summed E-state index contributed by atoms with van der Waals surface area (Å²) in [6.45, 7) is 2.44. The molecule has 78 valence electrons. The first kappa shape index (κ1) is 10.7. The van der Waals surface area contributed by atoms with Crippen molar-refractivity contribution in [2.45, 2.75) is 13.5 Å². The lowest BCUT2D eigenvalue weighted by Gasteiger charge is -2.01. The monoisotopic (exact) mass is 333 g/mol. The molecule has 6 heteroatoms. The highest BCUT2D eigenvalue weighted by Crippen LogP contribution is 2.09. The first-order valence-corrected chi connectivity index (χ1v) is 6.23. The largest absolute Gasteiger partial charge is 0.291 e. The van der Waals surface area contributed by atoms with E-state index >= 15 is 0 Å². The molecule has 4 nitrogen and oxygen atoms in total. The average molecular weight is 333 g/mol. The number of nitrogens with zero attached hydrogens (tertiary/aromatic N) is 3. The van der Waals surface area contributed by atoms with Crippen molar-refractivity contribution in [3.8, 4) is 0 Å². The fourth-order valence-corrected chi connectivity index (χ4v) is 2.40. The van der Waals surface area contributed by atoms with E-state index in [2.05, 4.69) is 9.97 Å². The van der Waals surface area contributed by atoms with Crippen molar-refractivity contribution in [2.24, 2.45) is 0 Å². The molecule has 0 saturated heterocycles. The molecule has 0 spiro atoms. The van der Waals surface area contributed by atoms with Crippen LogP contribution in [0.4, 0.5) is 0 Å². The number of aryl methyl sites for hydroxylation is 1. The van der Waals surface area contributed by atoms with Gasteiger partial charge in [-0.25, -0.2) is 9.97 Å². The molecule has 0 atom stereocenters. The number of rotatable bonds is 2. The lowest BCUT2D eigenvalue weighted by molar-refractivity contribution is 0.724. The quantitative estimate of drug-likeness (QED) is 0.786. The van der Waals surface area contributed by atoms with E-state index in [1.165, 1.54) is 0 Å². The number of thiazole rings is 1. The standard InChI is InChI=1S/C9H8IN3OS/c1-6-4-15-8(12-6)3-13-5-11-2-7(10)9(13)14/h2,4-5H,3H2,1H3. The van der Waals surface area contributed by atoms with E-state index in [9.17, 15) is 4.79 Å². The zero-order valence-corrected chi connectivity index (χ0v) is 10.9. The lowest BCUT2D eigenvalue weighted by atomic mass is 10.5. The molecule has 2 heterocycles. The van der Waals surface area contributed by atoms with Crippen LogP contribution in [0.2, 0.25) is 0 Å². The fourth-order valence-electron chi connectivity index (χ4n) is 1.16. The van der Waals surface area contributed by atoms with Gasteiger partial charge in [-0.2, -0.15) is 0 Å². The van der Waals surface area contributed by atoms with E-state index in [4.69, 9.17) is 0 Å². The molecule has 0 aliphatic heterocycles. The summed E-state index contributed by atoms with van der Waals surface area (Å²) in [5.41, 5.74) is 0.972. The number of hydrogen-bond donors (Lipinski definition) is 0. The molecule has 0 bridgehead atoms. The molecular formula is C9H8IN3OS. The predicted molar refractivity (Wildman–Crippen MR) is 67.2 cm³/mol. The Bertz CT molecular complexity index is 534. The Morgan fingerprint density at radius 3 is 3.07 bits per heavy atom. The molecule has 0 aromatic carbocycles. The zero-order chi connectivity index (χ0) is 10.8. The summed E-state index contributed by atoms with van der Waals surface area (Å²) in [4.78, 5) is 20.0. The Morgan fingerprint density at radius 2 is 2.40 bits per heavy atom. The highest BCUT2D eigenvalue weighted by molar-refractivity contribution is 14.1. The summed E-state index contributed by atoms with van der Waals surface area (Å²) >= 11 is 3.54. The maximum absolute atomic E-state index is 11.7. The minimum Gasteiger partial charge on any atom is -0.291 e. The van der Waals surface area contributed by atoms with E-state index < -0.39 is 0 Å². The van der Waals surface area contributed by atoms with Crippen LogP contribution < -0.4 is 5.56 Å². The molecule has 0 amide bonds. The first-order valence-electron chi connectivity index (χ1n) is 4.28. The third kappa shape index (κ3) is 2.43. The van der Waals surface area contributed by atoms with Crippen molar-refractivity contribution in [1.82, 2.24) is 14.5 Å². The zero-order valence-electron chi connectivity index (χ0n) is 7.98. The van der Waals surface area contributed by atoms with Gasteiger partial charge in [0.25, 0.3) is 5.56 Å². The second kappa shape index (κ2) is 4.40. The van der Waals surface area contributed by atoms with Gasteiger partial charge in [0.15, 0.2) is 0 Å². The molecule has 0 aliphatic carbocycles. The van der Waals surface area contributed by atoms with Gasteiger partial charge in [0.2, 0.25) is 0 Å². The molecule has 2 rings (SSSR count). The fraction of sp³-hybridized carbons (Fsp3) is 0.222. The Hall–Kier alpha value is -0.760. The summed E-state index contributed by atoms with van der Waals surface area (Å²) in [5, 5.41) is 2.90. The van der Waals surface area contributed by atoms with Crippen LogP contribution in [0.25, 0.3) is 0 Å². The SMILES string of the molecule is Cc1csc(Cn2cncc(I)c2=O)n1. The summed E-state index contributed by atoms with van der Waals surface area (Å²) in [7, 11) is 0. The van der Waals surface area contributed by atoms with Crippen molar-refractivity contribution in [1.29, 1.82) is 0 Å². The van der Waals surface area contributed by atoms with Crippen molar-refractivity contribution < 1.29 is 0 Å². The van der Waals surface area contributed by atoms with Crippen LogP contribution in [-0.2, 0) is 6.54 Å². The molecule has 0 aliphatic rings. The van der Waals surface area contributed by atoms with Gasteiger partial charge in [-0.05, 0) is 29.5 Å². The molecular weight excluding hydrogens is 325 g/mol. The number of hydrogen-bond acceptors (Lipinski definition) is 4. The molecule has 15 heavy (non-hydrogen) atoms. The maximum Gasteiger partial charge on any atom is 0.267 e. The Kier molecular flexibility index (Phi) is 3.15. The van der Waals surface area contributed by atoms with Crippen LogP contribution in [0.5, 0.6) is 0 Å². The summed E-state index contributed by atoms with van der Waals surface area (Å²) in [5.74, 6) is 0. The maximum atomic E-state index is 11.7. The van der Waals surface area contributed by atoms with Gasteiger partial charge >= 0.3 is 0 Å². The minimum atomic E-state index is -0.0153. The second-order valence-corrected chi connectivity index (χ2v) is 5.16. The van der Waals surface area contributed by atoms with Crippen molar-refractivity contribution in [2.75, 3.05) is 0 Å². The van der Waals surface area contributed by atoms with Gasteiger partial charge in [-0.15, -0.1) is 11.3 Å². The smallest absolute Gasteiger partial charge is 0.267 e. The Balaban J connectivity index is 2.32. The van der Waals surface area contributed by atoms with E-state index in [1.807, 2.05) is 34.9 Å². The molecule has 0 saturated carbocycles. The van der Waals surface area contributed by atoms with E-state index in [1.54, 1.807) is 28.4 Å². The molecule has 2 aromatic rings. The Morgan fingerprint density at radius 1 is 1.60 bits per heavy atom.